The molecule has 0 unspecified atom stereocenters. The number of hydrogen-bond donors (Lipinski definition) is 2. The number of ether oxygens (including phenoxy) is 1. The molecule has 3 aromatic rings. The van der Waals surface area contributed by atoms with Gasteiger partial charge in [0, 0.05) is 19.2 Å². The van der Waals surface area contributed by atoms with Gasteiger partial charge in [-0.25, -0.2) is 13.1 Å². The summed E-state index contributed by atoms with van der Waals surface area (Å²) < 4.78 is 67.9. The molecule has 2 aliphatic rings. The van der Waals surface area contributed by atoms with Crippen molar-refractivity contribution in [3.8, 4) is 5.75 Å². The summed E-state index contributed by atoms with van der Waals surface area (Å²) in [7, 11) is -3.62. The van der Waals surface area contributed by atoms with Gasteiger partial charge in [0.2, 0.25) is 5.91 Å². The molecule has 1 aromatic heterocycles. The molecular formula is C28H29F3N4O5S. The average Bonchev–Trinajstić information content (AvgIpc) is 3.22. The van der Waals surface area contributed by atoms with Gasteiger partial charge < -0.3 is 15.4 Å². The van der Waals surface area contributed by atoms with Crippen molar-refractivity contribution < 1.29 is 35.9 Å². The van der Waals surface area contributed by atoms with Crippen molar-refractivity contribution in [3.63, 3.8) is 0 Å². The molecule has 2 heterocycles. The van der Waals surface area contributed by atoms with E-state index in [1.54, 1.807) is 12.1 Å². The summed E-state index contributed by atoms with van der Waals surface area (Å²) >= 11 is 0. The lowest BCUT2D eigenvalue weighted by Crippen LogP contribution is -2.52. The summed E-state index contributed by atoms with van der Waals surface area (Å²) in [6, 6.07) is 14.3. The Bertz CT molecular complexity index is 1590. The highest BCUT2D eigenvalue weighted by molar-refractivity contribution is 7.91. The van der Waals surface area contributed by atoms with Crippen molar-refractivity contribution in [3.05, 3.63) is 76.5 Å². The SMILES string of the molecule is CS(=O)(=O)CC(=O)Nc1c2c(nn1CCc1ccccc1)C[C@]1(CCCc3cc(OCC(F)(F)F)ccc31)NC2=O. The maximum atomic E-state index is 13.6. The number of nitrogens with zero attached hydrogens (tertiary/aromatic N) is 2. The number of benzene rings is 2. The number of carbonyl (C=O) groups is 2. The minimum absolute atomic E-state index is 0.0991. The van der Waals surface area contributed by atoms with Gasteiger partial charge in [-0.1, -0.05) is 36.4 Å². The third kappa shape index (κ3) is 6.55. The average molecular weight is 591 g/mol. The number of halogens is 3. The fraction of sp³-hybridized carbons (Fsp3) is 0.393. The van der Waals surface area contributed by atoms with Crippen LogP contribution in [-0.4, -0.2) is 54.8 Å². The molecule has 5 rings (SSSR count). The first-order valence-electron chi connectivity index (χ1n) is 13.1. The minimum atomic E-state index is -4.46. The van der Waals surface area contributed by atoms with Crippen LogP contribution >= 0.6 is 0 Å². The number of anilines is 1. The molecule has 0 saturated heterocycles. The number of nitrogens with one attached hydrogen (secondary N) is 2. The minimum Gasteiger partial charge on any atom is -0.484 e. The van der Waals surface area contributed by atoms with E-state index in [1.165, 1.54) is 10.7 Å². The molecule has 9 nitrogen and oxygen atoms in total. The maximum Gasteiger partial charge on any atom is 0.422 e. The molecule has 218 valence electrons. The molecule has 13 heteroatoms. The Morgan fingerprint density at radius 3 is 2.66 bits per heavy atom. The van der Waals surface area contributed by atoms with Crippen LogP contribution in [-0.2, 0) is 46.0 Å². The second-order valence-corrected chi connectivity index (χ2v) is 12.7. The van der Waals surface area contributed by atoms with Crippen LogP contribution in [0.1, 0.15) is 45.6 Å². The Labute approximate surface area is 235 Å². The van der Waals surface area contributed by atoms with Crippen LogP contribution in [0.2, 0.25) is 0 Å². The second kappa shape index (κ2) is 10.8. The largest absolute Gasteiger partial charge is 0.484 e. The van der Waals surface area contributed by atoms with E-state index in [4.69, 9.17) is 9.84 Å². The summed E-state index contributed by atoms with van der Waals surface area (Å²) in [5.41, 5.74) is 2.35. The Hall–Kier alpha value is -3.87. The van der Waals surface area contributed by atoms with E-state index in [1.807, 2.05) is 30.3 Å². The van der Waals surface area contributed by atoms with Crippen molar-refractivity contribution >= 4 is 27.5 Å². The number of amides is 2. The number of hydrogen-bond acceptors (Lipinski definition) is 6. The van der Waals surface area contributed by atoms with E-state index in [9.17, 15) is 31.2 Å². The number of alkyl halides is 3. The molecule has 1 atom stereocenters. The predicted molar refractivity (Wildman–Crippen MR) is 144 cm³/mol. The van der Waals surface area contributed by atoms with Gasteiger partial charge in [-0.15, -0.1) is 0 Å². The van der Waals surface area contributed by atoms with Crippen LogP contribution in [0.4, 0.5) is 19.0 Å². The second-order valence-electron chi connectivity index (χ2n) is 10.5. The van der Waals surface area contributed by atoms with E-state index in [2.05, 4.69) is 10.6 Å². The summed E-state index contributed by atoms with van der Waals surface area (Å²) in [5, 5.41) is 10.4. The van der Waals surface area contributed by atoms with E-state index in [0.29, 0.717) is 37.9 Å². The monoisotopic (exact) mass is 590 g/mol. The standard InChI is InChI=1S/C28H29F3N4O5S/c1-41(38,39)16-23(36)32-25-24-22(34-35(25)13-11-18-6-3-2-4-7-18)15-27(33-26(24)37)12-5-8-19-14-20(9-10-21(19)27)40-17-28(29,30)31/h2-4,6-7,9-10,14H,5,8,11-13,15-17H2,1H3,(H,32,36)(H,33,37)/t27-/m0/s1. The first-order valence-corrected chi connectivity index (χ1v) is 15.1. The number of rotatable bonds is 8. The number of fused-ring (bicyclic) bond motifs is 3. The molecule has 0 fully saturated rings. The summed E-state index contributed by atoms with van der Waals surface area (Å²) in [6.45, 7) is -1.08. The molecule has 0 bridgehead atoms. The van der Waals surface area contributed by atoms with E-state index in [0.717, 1.165) is 22.9 Å². The summed E-state index contributed by atoms with van der Waals surface area (Å²) in [4.78, 5) is 26.2. The van der Waals surface area contributed by atoms with Gasteiger partial charge in [0.15, 0.2) is 16.4 Å². The Morgan fingerprint density at radius 1 is 1.20 bits per heavy atom. The molecule has 2 amide bonds. The smallest absolute Gasteiger partial charge is 0.422 e. The van der Waals surface area contributed by atoms with Crippen LogP contribution in [0.3, 0.4) is 0 Å². The number of carbonyl (C=O) groups excluding carboxylic acids is 2. The third-order valence-corrected chi connectivity index (χ3v) is 8.01. The molecule has 1 aliphatic carbocycles. The van der Waals surface area contributed by atoms with Crippen molar-refractivity contribution in [2.24, 2.45) is 0 Å². The molecule has 2 N–H and O–H groups in total. The quantitative estimate of drug-likeness (QED) is 0.414. The van der Waals surface area contributed by atoms with Crippen molar-refractivity contribution in [1.82, 2.24) is 15.1 Å². The van der Waals surface area contributed by atoms with E-state index in [-0.39, 0.29) is 23.6 Å². The fourth-order valence-electron chi connectivity index (χ4n) is 5.59. The first kappa shape index (κ1) is 28.7. The van der Waals surface area contributed by atoms with Crippen molar-refractivity contribution in [2.45, 2.75) is 50.4 Å². The lowest BCUT2D eigenvalue weighted by Gasteiger charge is -2.42. The van der Waals surface area contributed by atoms with Gasteiger partial charge in [-0.3, -0.25) is 9.59 Å². The zero-order valence-corrected chi connectivity index (χ0v) is 23.1. The number of aromatic nitrogens is 2. The lowest BCUT2D eigenvalue weighted by molar-refractivity contribution is -0.153. The van der Waals surface area contributed by atoms with Crippen LogP contribution in [0.15, 0.2) is 48.5 Å². The normalized spacial score (nSPS) is 18.4. The van der Waals surface area contributed by atoms with Gasteiger partial charge in [0.1, 0.15) is 22.9 Å². The highest BCUT2D eigenvalue weighted by Crippen LogP contribution is 2.43. The zero-order valence-electron chi connectivity index (χ0n) is 22.3. The lowest BCUT2D eigenvalue weighted by atomic mass is 9.72. The van der Waals surface area contributed by atoms with Gasteiger partial charge in [-0.05, 0) is 54.5 Å². The maximum absolute atomic E-state index is 13.6. The molecule has 1 spiro atoms. The van der Waals surface area contributed by atoms with Crippen LogP contribution in [0, 0.1) is 0 Å². The Kier molecular flexibility index (Phi) is 7.58. The molecule has 41 heavy (non-hydrogen) atoms. The Morgan fingerprint density at radius 2 is 1.95 bits per heavy atom. The van der Waals surface area contributed by atoms with Crippen LogP contribution < -0.4 is 15.4 Å². The van der Waals surface area contributed by atoms with Gasteiger partial charge in [0.25, 0.3) is 5.91 Å². The molecular weight excluding hydrogens is 561 g/mol. The number of sulfone groups is 1. The number of aryl methyl sites for hydroxylation is 3. The topological polar surface area (TPSA) is 119 Å². The van der Waals surface area contributed by atoms with Crippen LogP contribution in [0.5, 0.6) is 5.75 Å². The van der Waals surface area contributed by atoms with Crippen molar-refractivity contribution in [1.29, 1.82) is 0 Å². The van der Waals surface area contributed by atoms with Crippen molar-refractivity contribution in [2.75, 3.05) is 23.9 Å². The molecule has 1 aliphatic heterocycles. The van der Waals surface area contributed by atoms with Crippen LogP contribution in [0.25, 0.3) is 0 Å². The first-order chi connectivity index (χ1) is 19.3. The predicted octanol–water partition coefficient (Wildman–Crippen LogP) is 3.57. The molecule has 0 saturated carbocycles. The highest BCUT2D eigenvalue weighted by atomic mass is 32.2. The van der Waals surface area contributed by atoms with E-state index < -0.39 is 45.7 Å². The highest BCUT2D eigenvalue weighted by Gasteiger charge is 2.45. The van der Waals surface area contributed by atoms with Gasteiger partial charge in [-0.2, -0.15) is 18.3 Å². The molecule has 2 aromatic carbocycles. The van der Waals surface area contributed by atoms with Gasteiger partial charge in [0.05, 0.1) is 11.2 Å². The van der Waals surface area contributed by atoms with E-state index >= 15 is 0 Å². The van der Waals surface area contributed by atoms with Gasteiger partial charge >= 0.3 is 6.18 Å². The molecule has 0 radical (unpaired) electrons. The third-order valence-electron chi connectivity index (χ3n) is 7.22. The zero-order chi connectivity index (χ0) is 29.4. The fourth-order valence-corrected chi connectivity index (χ4v) is 6.13. The Balaban J connectivity index is 1.48. The summed E-state index contributed by atoms with van der Waals surface area (Å²) in [6.07, 6.45) is -0.798. The summed E-state index contributed by atoms with van der Waals surface area (Å²) in [5.74, 6) is -1.77.